The molecule has 4 aromatic rings. The highest BCUT2D eigenvalue weighted by Gasteiger charge is 2.16. The van der Waals surface area contributed by atoms with Crippen LogP contribution in [-0.2, 0) is 4.79 Å². The lowest BCUT2D eigenvalue weighted by molar-refractivity contribution is -0.113. The maximum absolute atomic E-state index is 13.4. The van der Waals surface area contributed by atoms with E-state index in [9.17, 15) is 9.59 Å². The number of aromatic nitrogens is 2. The quantitative estimate of drug-likeness (QED) is 0.334. The number of benzene rings is 3. The molecule has 1 amide bonds. The van der Waals surface area contributed by atoms with Gasteiger partial charge in [-0.15, -0.1) is 0 Å². The Morgan fingerprint density at radius 3 is 2.28 bits per heavy atom. The van der Waals surface area contributed by atoms with Crippen molar-refractivity contribution in [3.63, 3.8) is 0 Å². The molecule has 0 bridgehead atoms. The first-order chi connectivity index (χ1) is 15.3. The Kier molecular flexibility index (Phi) is 6.15. The number of fused-ring (bicyclic) bond motifs is 1. The number of hydrogen-bond donors (Lipinski definition) is 1. The van der Waals surface area contributed by atoms with Crippen LogP contribution in [0.4, 0.5) is 5.69 Å². The Hall–Kier alpha value is -3.38. The topological polar surface area (TPSA) is 64.0 Å². The van der Waals surface area contributed by atoms with E-state index >= 15 is 0 Å². The fourth-order valence-corrected chi connectivity index (χ4v) is 4.65. The summed E-state index contributed by atoms with van der Waals surface area (Å²) in [4.78, 5) is 30.9. The zero-order chi connectivity index (χ0) is 22.8. The lowest BCUT2D eigenvalue weighted by Crippen LogP contribution is -2.23. The third-order valence-electron chi connectivity index (χ3n) is 5.29. The van der Waals surface area contributed by atoms with Gasteiger partial charge in [-0.1, -0.05) is 48.2 Å². The summed E-state index contributed by atoms with van der Waals surface area (Å²) in [5.74, 6) is 0.00497. The molecule has 6 heteroatoms. The van der Waals surface area contributed by atoms with Gasteiger partial charge in [-0.3, -0.25) is 14.2 Å². The Morgan fingerprint density at radius 2 is 1.59 bits per heavy atom. The molecule has 0 aliphatic carbocycles. The molecule has 4 rings (SSSR count). The maximum atomic E-state index is 13.4. The van der Waals surface area contributed by atoms with Crippen molar-refractivity contribution < 1.29 is 4.79 Å². The normalized spacial score (nSPS) is 11.0. The van der Waals surface area contributed by atoms with Crippen LogP contribution in [0.5, 0.6) is 0 Å². The van der Waals surface area contributed by atoms with Crippen LogP contribution in [0.2, 0.25) is 0 Å². The summed E-state index contributed by atoms with van der Waals surface area (Å²) in [6, 6.07) is 19.2. The van der Waals surface area contributed by atoms with Gasteiger partial charge in [-0.05, 0) is 74.2 Å². The molecule has 0 aliphatic rings. The van der Waals surface area contributed by atoms with E-state index in [2.05, 4.69) is 11.4 Å². The molecule has 0 radical (unpaired) electrons. The molecule has 32 heavy (non-hydrogen) atoms. The number of nitrogens with zero attached hydrogens (tertiary/aromatic N) is 2. The van der Waals surface area contributed by atoms with Gasteiger partial charge >= 0.3 is 0 Å². The molecule has 0 atom stereocenters. The minimum absolute atomic E-state index is 0.137. The molecular formula is C26H25N3O2S. The van der Waals surface area contributed by atoms with Crippen molar-refractivity contribution in [2.24, 2.45) is 0 Å². The van der Waals surface area contributed by atoms with E-state index in [4.69, 9.17) is 4.98 Å². The highest BCUT2D eigenvalue weighted by molar-refractivity contribution is 7.99. The van der Waals surface area contributed by atoms with Crippen molar-refractivity contribution in [2.75, 3.05) is 11.1 Å². The largest absolute Gasteiger partial charge is 0.325 e. The highest BCUT2D eigenvalue weighted by atomic mass is 32.2. The van der Waals surface area contributed by atoms with E-state index in [-0.39, 0.29) is 17.2 Å². The molecule has 0 spiro atoms. The Bertz CT molecular complexity index is 1350. The molecule has 162 valence electrons. The molecular weight excluding hydrogens is 418 g/mol. The number of anilines is 1. The number of carbonyl (C=O) groups is 1. The third-order valence-corrected chi connectivity index (χ3v) is 6.23. The second kappa shape index (κ2) is 9.01. The smallest absolute Gasteiger partial charge is 0.266 e. The van der Waals surface area contributed by atoms with Crippen LogP contribution in [0.1, 0.15) is 22.3 Å². The SMILES string of the molecule is Cc1cc(C)cc(-n2c(SCC(=O)Nc3c(C)cccc3C)nc3ccccc3c2=O)c1. The van der Waals surface area contributed by atoms with E-state index in [0.717, 1.165) is 33.6 Å². The van der Waals surface area contributed by atoms with Crippen molar-refractivity contribution in [2.45, 2.75) is 32.9 Å². The van der Waals surface area contributed by atoms with Crippen molar-refractivity contribution in [3.05, 3.63) is 93.3 Å². The third kappa shape index (κ3) is 4.46. The summed E-state index contributed by atoms with van der Waals surface area (Å²) in [5, 5.41) is 4.05. The van der Waals surface area contributed by atoms with Gasteiger partial charge in [0, 0.05) is 5.69 Å². The first-order valence-corrected chi connectivity index (χ1v) is 11.4. The Balaban J connectivity index is 1.71. The van der Waals surface area contributed by atoms with Gasteiger partial charge in [0.1, 0.15) is 0 Å². The summed E-state index contributed by atoms with van der Waals surface area (Å²) in [7, 11) is 0. The summed E-state index contributed by atoms with van der Waals surface area (Å²) >= 11 is 1.26. The zero-order valence-corrected chi connectivity index (χ0v) is 19.4. The van der Waals surface area contributed by atoms with Gasteiger partial charge in [0.25, 0.3) is 5.56 Å². The van der Waals surface area contributed by atoms with Gasteiger partial charge in [0.15, 0.2) is 5.16 Å². The van der Waals surface area contributed by atoms with E-state index in [1.807, 2.05) is 76.2 Å². The lowest BCUT2D eigenvalue weighted by atomic mass is 10.1. The second-order valence-corrected chi connectivity index (χ2v) is 8.94. The molecule has 1 aromatic heterocycles. The van der Waals surface area contributed by atoms with Crippen LogP contribution in [0.3, 0.4) is 0 Å². The summed E-state index contributed by atoms with van der Waals surface area (Å²) in [5.41, 5.74) is 6.21. The predicted molar refractivity (Wildman–Crippen MR) is 132 cm³/mol. The molecule has 0 unspecified atom stereocenters. The number of para-hydroxylation sites is 2. The van der Waals surface area contributed by atoms with Crippen molar-refractivity contribution >= 4 is 34.3 Å². The van der Waals surface area contributed by atoms with Gasteiger partial charge in [0.05, 0.1) is 22.3 Å². The molecule has 1 N–H and O–H groups in total. The molecule has 1 heterocycles. The van der Waals surface area contributed by atoms with Crippen molar-refractivity contribution in [1.82, 2.24) is 9.55 Å². The second-order valence-electron chi connectivity index (χ2n) is 8.00. The molecule has 0 fully saturated rings. The van der Waals surface area contributed by atoms with Crippen molar-refractivity contribution in [1.29, 1.82) is 0 Å². The number of rotatable bonds is 5. The summed E-state index contributed by atoms with van der Waals surface area (Å²) < 4.78 is 1.61. The standard InChI is InChI=1S/C26H25N3O2S/c1-16-12-17(2)14-20(13-16)29-25(31)21-10-5-6-11-22(21)27-26(29)32-15-23(30)28-24-18(3)8-7-9-19(24)4/h5-14H,15H2,1-4H3,(H,28,30). The fourth-order valence-electron chi connectivity index (χ4n) is 3.83. The average Bonchev–Trinajstić information content (AvgIpc) is 2.74. The first-order valence-electron chi connectivity index (χ1n) is 10.4. The van der Waals surface area contributed by atoms with E-state index in [1.54, 1.807) is 10.6 Å². The molecule has 3 aromatic carbocycles. The number of nitrogens with one attached hydrogen (secondary N) is 1. The molecule has 5 nitrogen and oxygen atoms in total. The van der Waals surface area contributed by atoms with E-state index < -0.39 is 0 Å². The molecule has 0 saturated heterocycles. The van der Waals surface area contributed by atoms with Crippen LogP contribution in [0.25, 0.3) is 16.6 Å². The number of amides is 1. The number of thioether (sulfide) groups is 1. The van der Waals surface area contributed by atoms with Gasteiger partial charge in [-0.25, -0.2) is 4.98 Å². The van der Waals surface area contributed by atoms with Crippen LogP contribution < -0.4 is 10.9 Å². The highest BCUT2D eigenvalue weighted by Crippen LogP contribution is 2.24. The lowest BCUT2D eigenvalue weighted by Gasteiger charge is -2.15. The van der Waals surface area contributed by atoms with E-state index in [0.29, 0.717) is 16.1 Å². The fraction of sp³-hybridized carbons (Fsp3) is 0.192. The maximum Gasteiger partial charge on any atom is 0.266 e. The minimum atomic E-state index is -0.141. The summed E-state index contributed by atoms with van der Waals surface area (Å²) in [6.07, 6.45) is 0. The Morgan fingerprint density at radius 1 is 0.938 bits per heavy atom. The van der Waals surface area contributed by atoms with Crippen LogP contribution in [0, 0.1) is 27.7 Å². The number of aryl methyl sites for hydroxylation is 4. The first kappa shape index (κ1) is 21.8. The van der Waals surface area contributed by atoms with E-state index in [1.165, 1.54) is 11.8 Å². The van der Waals surface area contributed by atoms with Gasteiger partial charge < -0.3 is 5.32 Å². The van der Waals surface area contributed by atoms with Gasteiger partial charge in [0.2, 0.25) is 5.91 Å². The van der Waals surface area contributed by atoms with Crippen LogP contribution in [0.15, 0.2) is 70.6 Å². The Labute approximate surface area is 191 Å². The van der Waals surface area contributed by atoms with Crippen molar-refractivity contribution in [3.8, 4) is 5.69 Å². The predicted octanol–water partition coefficient (Wildman–Crippen LogP) is 5.35. The molecule has 0 saturated carbocycles. The monoisotopic (exact) mass is 443 g/mol. The van der Waals surface area contributed by atoms with Crippen LogP contribution in [-0.4, -0.2) is 21.2 Å². The van der Waals surface area contributed by atoms with Crippen LogP contribution >= 0.6 is 11.8 Å². The average molecular weight is 444 g/mol. The number of carbonyl (C=O) groups excluding carboxylic acids is 1. The number of hydrogen-bond acceptors (Lipinski definition) is 4. The van der Waals surface area contributed by atoms with Gasteiger partial charge in [-0.2, -0.15) is 0 Å². The summed E-state index contributed by atoms with van der Waals surface area (Å²) in [6.45, 7) is 7.94. The zero-order valence-electron chi connectivity index (χ0n) is 18.6. The molecule has 0 aliphatic heterocycles. The minimum Gasteiger partial charge on any atom is -0.325 e.